The zero-order valence-electron chi connectivity index (χ0n) is 18.9. The van der Waals surface area contributed by atoms with Gasteiger partial charge in [0.05, 0.1) is 7.05 Å². The number of benzene rings is 3. The quantitative estimate of drug-likeness (QED) is 0.114. The van der Waals surface area contributed by atoms with Crippen molar-refractivity contribution in [2.45, 2.75) is 20.0 Å². The minimum atomic E-state index is -0.0247. The van der Waals surface area contributed by atoms with E-state index < -0.39 is 0 Å². The number of halogens is 1. The fraction of sp³-hybridized carbons (Fsp3) is 0.179. The third-order valence-corrected chi connectivity index (χ3v) is 5.42. The van der Waals surface area contributed by atoms with Crippen LogP contribution in [0.25, 0.3) is 16.7 Å². The van der Waals surface area contributed by atoms with Crippen molar-refractivity contribution in [3.8, 4) is 11.1 Å². The summed E-state index contributed by atoms with van der Waals surface area (Å²) < 4.78 is 0. The van der Waals surface area contributed by atoms with E-state index >= 15 is 0 Å². The van der Waals surface area contributed by atoms with Crippen molar-refractivity contribution in [2.24, 2.45) is 4.99 Å². The van der Waals surface area contributed by atoms with Gasteiger partial charge in [0.1, 0.15) is 11.8 Å². The molecule has 0 aromatic heterocycles. The molecule has 0 aliphatic rings. The summed E-state index contributed by atoms with van der Waals surface area (Å²) in [5.74, 6) is 0.787. The van der Waals surface area contributed by atoms with Gasteiger partial charge in [0.15, 0.2) is 6.17 Å². The molecule has 3 aromatic rings. The number of nitrogens with two attached hydrogens (primary N) is 1. The zero-order valence-corrected chi connectivity index (χ0v) is 19.7. The summed E-state index contributed by atoms with van der Waals surface area (Å²) in [6.45, 7) is 4.12. The molecule has 3 N–H and O–H groups in total. The molecule has 0 spiro atoms. The van der Waals surface area contributed by atoms with E-state index in [1.807, 2.05) is 43.3 Å². The lowest BCUT2D eigenvalue weighted by Crippen LogP contribution is -2.84. The fourth-order valence-corrected chi connectivity index (χ4v) is 3.84. The van der Waals surface area contributed by atoms with E-state index in [0.29, 0.717) is 0 Å². The van der Waals surface area contributed by atoms with Crippen molar-refractivity contribution >= 4 is 23.0 Å². The van der Waals surface area contributed by atoms with E-state index in [1.54, 1.807) is 0 Å². The molecular weight excluding hydrogens is 414 g/mol. The summed E-state index contributed by atoms with van der Waals surface area (Å²) >= 11 is 5.99. The maximum absolute atomic E-state index is 5.99. The molecule has 164 valence electrons. The van der Waals surface area contributed by atoms with Gasteiger partial charge < -0.3 is 10.6 Å². The molecule has 1 atom stereocenters. The fourth-order valence-electron chi connectivity index (χ4n) is 3.72. The van der Waals surface area contributed by atoms with Crippen molar-refractivity contribution in [3.63, 3.8) is 0 Å². The average molecular weight is 445 g/mol. The van der Waals surface area contributed by atoms with E-state index in [0.717, 1.165) is 11.4 Å². The van der Waals surface area contributed by atoms with Crippen LogP contribution in [0.1, 0.15) is 36.7 Å². The topological polar surface area (TPSA) is 41.0 Å². The number of amidine groups is 1. The Morgan fingerprint density at radius 3 is 2.22 bits per heavy atom. The second-order valence-electron chi connectivity index (χ2n) is 7.40. The smallest absolute Gasteiger partial charge is 0.186 e. The van der Waals surface area contributed by atoms with Crippen LogP contribution in [0.3, 0.4) is 0 Å². The van der Waals surface area contributed by atoms with E-state index in [4.69, 9.17) is 11.6 Å². The largest absolute Gasteiger partial charge is 0.325 e. The van der Waals surface area contributed by atoms with Crippen LogP contribution < -0.4 is 10.6 Å². The lowest BCUT2D eigenvalue weighted by molar-refractivity contribution is -0.673. The highest BCUT2D eigenvalue weighted by Crippen LogP contribution is 2.28. The zero-order chi connectivity index (χ0) is 22.8. The lowest BCUT2D eigenvalue weighted by atomic mass is 9.94. The number of rotatable bonds is 8. The van der Waals surface area contributed by atoms with Crippen molar-refractivity contribution in [2.75, 3.05) is 13.1 Å². The maximum atomic E-state index is 5.99. The Labute approximate surface area is 196 Å². The van der Waals surface area contributed by atoms with Gasteiger partial charge in [-0.25, -0.2) is 0 Å². The van der Waals surface area contributed by atoms with Crippen molar-refractivity contribution in [3.05, 3.63) is 114 Å². The maximum Gasteiger partial charge on any atom is 0.186 e. The predicted octanol–water partition coefficient (Wildman–Crippen LogP) is 5.76. The van der Waals surface area contributed by atoms with Crippen molar-refractivity contribution in [1.29, 1.82) is 0 Å². The number of hydrogen-bond acceptors (Lipinski definition) is 1. The number of hydrogen-bond donors (Lipinski definition) is 2. The Balaban J connectivity index is 2.08. The summed E-state index contributed by atoms with van der Waals surface area (Å²) in [5.41, 5.74) is 6.95. The van der Waals surface area contributed by atoms with E-state index in [9.17, 15) is 0 Å². The van der Waals surface area contributed by atoms with Crippen LogP contribution in [0.5, 0.6) is 0 Å². The van der Waals surface area contributed by atoms with Crippen molar-refractivity contribution in [1.82, 2.24) is 5.32 Å². The third kappa shape index (κ3) is 5.97. The molecule has 0 fully saturated rings. The van der Waals surface area contributed by atoms with E-state index in [1.165, 1.54) is 27.8 Å². The molecule has 32 heavy (non-hydrogen) atoms. The van der Waals surface area contributed by atoms with Crippen LogP contribution in [-0.2, 0) is 0 Å². The standard InChI is InChI=1S/C28H30ClN3/c1-4-12-21(5-2)24-17-25(22-13-8-6-9-14-22)19-26(18-24)27(30-3)32-28(31-20-29)23-15-10-7-11-16-23/h4-19,27,30H,20H2,1-3H3,(H,31,32)/p+1/b12-4-,21-5+. The molecule has 1 unspecified atom stereocenters. The summed E-state index contributed by atoms with van der Waals surface area (Å²) in [5, 5.41) is 5.76. The normalized spacial score (nSPS) is 13.4. The van der Waals surface area contributed by atoms with Crippen LogP contribution in [0.15, 0.2) is 102 Å². The van der Waals surface area contributed by atoms with Gasteiger partial charge in [-0.15, -0.1) is 11.6 Å². The Bertz CT molecular complexity index is 1090. The Kier molecular flexibility index (Phi) is 8.85. The van der Waals surface area contributed by atoms with Crippen LogP contribution in [0.4, 0.5) is 0 Å². The number of aliphatic imine (C=N–C) groups is 1. The number of alkyl halides is 1. The highest BCUT2D eigenvalue weighted by Gasteiger charge is 2.18. The van der Waals surface area contributed by atoms with Crippen LogP contribution >= 0.6 is 11.6 Å². The van der Waals surface area contributed by atoms with Crippen LogP contribution in [0, 0.1) is 0 Å². The van der Waals surface area contributed by atoms with Gasteiger partial charge >= 0.3 is 0 Å². The van der Waals surface area contributed by atoms with Crippen molar-refractivity contribution < 1.29 is 5.32 Å². The molecule has 0 radical (unpaired) electrons. The molecule has 4 heteroatoms. The highest BCUT2D eigenvalue weighted by molar-refractivity contribution is 6.18. The summed E-state index contributed by atoms with van der Waals surface area (Å²) in [7, 11) is 2.07. The molecule has 0 amide bonds. The second-order valence-corrected chi connectivity index (χ2v) is 7.64. The molecule has 0 aliphatic heterocycles. The Morgan fingerprint density at radius 2 is 1.62 bits per heavy atom. The molecule has 3 nitrogen and oxygen atoms in total. The summed E-state index contributed by atoms with van der Waals surface area (Å²) in [4.78, 5) is 4.52. The van der Waals surface area contributed by atoms with Gasteiger partial charge in [-0.1, -0.05) is 78.9 Å². The molecule has 3 aromatic carbocycles. The number of nitrogens with one attached hydrogen (secondary N) is 1. The van der Waals surface area contributed by atoms with Gasteiger partial charge in [-0.2, -0.15) is 0 Å². The first kappa shape index (κ1) is 23.5. The molecule has 0 saturated heterocycles. The first-order valence-electron chi connectivity index (χ1n) is 10.9. The second kappa shape index (κ2) is 12.0. The minimum Gasteiger partial charge on any atom is -0.325 e. The monoisotopic (exact) mass is 444 g/mol. The molecule has 0 bridgehead atoms. The van der Waals surface area contributed by atoms with Gasteiger partial charge in [0, 0.05) is 11.1 Å². The summed E-state index contributed by atoms with van der Waals surface area (Å²) in [6, 6.07) is 27.6. The summed E-state index contributed by atoms with van der Waals surface area (Å²) in [6.07, 6.45) is 6.35. The van der Waals surface area contributed by atoms with Gasteiger partial charge in [0.2, 0.25) is 0 Å². The number of allylic oxidation sites excluding steroid dienone is 4. The molecule has 0 heterocycles. The van der Waals surface area contributed by atoms with E-state index in [-0.39, 0.29) is 12.2 Å². The van der Waals surface area contributed by atoms with Crippen LogP contribution in [-0.4, -0.2) is 18.9 Å². The molecular formula is C28H31ClN3+. The highest BCUT2D eigenvalue weighted by atomic mass is 35.5. The SMILES string of the molecule is C/C=C\C(=C/C)c1cc(-c2ccccc2)cc(C(N/C(=N\CCl)c2ccccc2)[NH2+]C)c1. The average Bonchev–Trinajstić information content (AvgIpc) is 2.85. The third-order valence-electron chi connectivity index (χ3n) is 5.30. The Morgan fingerprint density at radius 1 is 0.938 bits per heavy atom. The molecule has 3 rings (SSSR count). The van der Waals surface area contributed by atoms with Gasteiger partial charge in [-0.3, -0.25) is 4.99 Å². The lowest BCUT2D eigenvalue weighted by Gasteiger charge is -2.20. The van der Waals surface area contributed by atoms with Crippen LogP contribution in [0.2, 0.25) is 0 Å². The first-order chi connectivity index (χ1) is 15.7. The first-order valence-corrected chi connectivity index (χ1v) is 11.4. The Hall–Kier alpha value is -3.14. The van der Waals surface area contributed by atoms with Gasteiger partial charge in [0.25, 0.3) is 0 Å². The number of quaternary nitrogens is 1. The van der Waals surface area contributed by atoms with E-state index in [2.05, 4.69) is 90.3 Å². The predicted molar refractivity (Wildman–Crippen MR) is 138 cm³/mol. The number of nitrogens with zero attached hydrogens (tertiary/aromatic N) is 1. The minimum absolute atomic E-state index is 0.0247. The molecule has 0 aliphatic carbocycles. The van der Waals surface area contributed by atoms with Gasteiger partial charge in [-0.05, 0) is 54.3 Å². The molecule has 0 saturated carbocycles.